The van der Waals surface area contributed by atoms with Gasteiger partial charge in [-0.15, -0.1) is 0 Å². The fourth-order valence-corrected chi connectivity index (χ4v) is 3.93. The number of aryl methyl sites for hydroxylation is 1. The van der Waals surface area contributed by atoms with Crippen molar-refractivity contribution in [2.75, 3.05) is 36.4 Å². The summed E-state index contributed by atoms with van der Waals surface area (Å²) in [6, 6.07) is 1.75. The van der Waals surface area contributed by atoms with Crippen LogP contribution in [0.1, 0.15) is 12.6 Å². The van der Waals surface area contributed by atoms with Gasteiger partial charge in [0.15, 0.2) is 0 Å². The number of hydrogen-bond donors (Lipinski definition) is 2. The zero-order valence-corrected chi connectivity index (χ0v) is 16.9. The van der Waals surface area contributed by atoms with E-state index in [1.54, 1.807) is 31.6 Å². The molecular formula is C18H20N8O2S. The van der Waals surface area contributed by atoms with Gasteiger partial charge in [0.1, 0.15) is 0 Å². The van der Waals surface area contributed by atoms with E-state index in [1.165, 1.54) is 0 Å². The quantitative estimate of drug-likeness (QED) is 0.660. The number of hydrogen-bond acceptors (Lipinski definition) is 9. The van der Waals surface area contributed by atoms with Crippen LogP contribution in [-0.4, -0.2) is 61.9 Å². The molecule has 150 valence electrons. The van der Waals surface area contributed by atoms with E-state index in [4.69, 9.17) is 0 Å². The second kappa shape index (κ2) is 7.95. The number of H-pyrrole nitrogens is 1. The summed E-state index contributed by atoms with van der Waals surface area (Å²) < 4.78 is 0. The number of aromatic nitrogens is 5. The Morgan fingerprint density at radius 3 is 2.48 bits per heavy atom. The normalized spacial score (nSPS) is 14.1. The Balaban J connectivity index is 1.44. The molecule has 3 aromatic heterocycles. The molecule has 1 saturated heterocycles. The molecule has 29 heavy (non-hydrogen) atoms. The van der Waals surface area contributed by atoms with Crippen molar-refractivity contribution in [1.29, 1.82) is 0 Å². The van der Waals surface area contributed by atoms with Crippen molar-refractivity contribution in [3.8, 4) is 10.6 Å². The molecule has 0 radical (unpaired) electrons. The van der Waals surface area contributed by atoms with Gasteiger partial charge in [-0.05, 0) is 13.0 Å². The van der Waals surface area contributed by atoms with Crippen LogP contribution in [0.5, 0.6) is 0 Å². The minimum Gasteiger partial charge on any atom is -0.365 e. The molecule has 3 aromatic rings. The van der Waals surface area contributed by atoms with Crippen LogP contribution < -0.4 is 15.1 Å². The molecular weight excluding hydrogens is 392 g/mol. The van der Waals surface area contributed by atoms with Crippen LogP contribution in [0, 0.1) is 6.92 Å². The SMILES string of the molecule is CC(=O)N1CCN(c2cnc(Nc3nccc(-c4sc(=O)[nH]c4C)n3)nc2)CC1. The van der Waals surface area contributed by atoms with Crippen LogP contribution >= 0.6 is 11.3 Å². The van der Waals surface area contributed by atoms with E-state index in [1.807, 2.05) is 11.8 Å². The van der Waals surface area contributed by atoms with Crippen LogP contribution in [0.25, 0.3) is 10.6 Å². The standard InChI is InChI=1S/C18H20N8O2S/c1-11-15(29-18(28)22-11)14-3-4-19-17(23-14)24-16-20-9-13(10-21-16)26-7-5-25(6-8-26)12(2)27/h3-4,9-10H,5-8H2,1-2H3,(H,22,28)(H,19,20,21,23,24). The number of nitrogens with zero attached hydrogens (tertiary/aromatic N) is 6. The Bertz CT molecular complexity index is 1070. The summed E-state index contributed by atoms with van der Waals surface area (Å²) in [6.07, 6.45) is 5.10. The number of rotatable bonds is 4. The number of carbonyl (C=O) groups is 1. The highest BCUT2D eigenvalue weighted by Crippen LogP contribution is 2.24. The van der Waals surface area contributed by atoms with Crippen molar-refractivity contribution >= 4 is 34.8 Å². The molecule has 2 N–H and O–H groups in total. The minimum absolute atomic E-state index is 0.102. The average molecular weight is 412 g/mol. The zero-order valence-electron chi connectivity index (χ0n) is 16.0. The molecule has 0 aromatic carbocycles. The first-order valence-corrected chi connectivity index (χ1v) is 9.94. The molecule has 11 heteroatoms. The lowest BCUT2D eigenvalue weighted by Gasteiger charge is -2.35. The van der Waals surface area contributed by atoms with E-state index in [0.717, 1.165) is 40.7 Å². The third-order valence-corrected chi connectivity index (χ3v) is 5.67. The van der Waals surface area contributed by atoms with Crippen molar-refractivity contribution in [1.82, 2.24) is 29.8 Å². The van der Waals surface area contributed by atoms with E-state index >= 15 is 0 Å². The first-order chi connectivity index (χ1) is 14.0. The molecule has 4 heterocycles. The Morgan fingerprint density at radius 1 is 1.14 bits per heavy atom. The summed E-state index contributed by atoms with van der Waals surface area (Å²) in [4.78, 5) is 47.7. The predicted molar refractivity (Wildman–Crippen MR) is 110 cm³/mol. The Labute approximate surface area is 170 Å². The van der Waals surface area contributed by atoms with Crippen molar-refractivity contribution in [2.45, 2.75) is 13.8 Å². The van der Waals surface area contributed by atoms with Gasteiger partial charge in [-0.2, -0.15) is 0 Å². The number of amides is 1. The van der Waals surface area contributed by atoms with Gasteiger partial charge >= 0.3 is 4.87 Å². The minimum atomic E-state index is -0.117. The van der Waals surface area contributed by atoms with Gasteiger partial charge in [0.2, 0.25) is 17.8 Å². The lowest BCUT2D eigenvalue weighted by atomic mass is 10.3. The number of anilines is 3. The summed E-state index contributed by atoms with van der Waals surface area (Å²) in [5, 5.41) is 2.99. The Morgan fingerprint density at radius 2 is 1.86 bits per heavy atom. The Kier molecular flexibility index (Phi) is 5.21. The highest BCUT2D eigenvalue weighted by molar-refractivity contribution is 7.13. The summed E-state index contributed by atoms with van der Waals surface area (Å²) >= 11 is 1.11. The van der Waals surface area contributed by atoms with Gasteiger partial charge in [0, 0.05) is 45.0 Å². The summed E-state index contributed by atoms with van der Waals surface area (Å²) in [5.74, 6) is 0.836. The number of aromatic amines is 1. The molecule has 4 rings (SSSR count). The molecule has 1 fully saturated rings. The molecule has 0 atom stereocenters. The van der Waals surface area contributed by atoms with E-state index in [2.05, 4.69) is 35.1 Å². The second-order valence-electron chi connectivity index (χ2n) is 6.62. The molecule has 0 spiro atoms. The maximum atomic E-state index is 11.5. The topological polar surface area (TPSA) is 120 Å². The highest BCUT2D eigenvalue weighted by Gasteiger charge is 2.19. The van der Waals surface area contributed by atoms with Crippen molar-refractivity contribution in [2.24, 2.45) is 0 Å². The number of piperazine rings is 1. The maximum absolute atomic E-state index is 11.5. The third-order valence-electron chi connectivity index (χ3n) is 4.67. The molecule has 1 aliphatic heterocycles. The van der Waals surface area contributed by atoms with E-state index in [9.17, 15) is 9.59 Å². The predicted octanol–water partition coefficient (Wildman–Crippen LogP) is 1.40. The van der Waals surface area contributed by atoms with Crippen molar-refractivity contribution in [3.63, 3.8) is 0 Å². The lowest BCUT2D eigenvalue weighted by molar-refractivity contribution is -0.129. The molecule has 0 bridgehead atoms. The van der Waals surface area contributed by atoms with Gasteiger partial charge in [-0.1, -0.05) is 11.3 Å². The molecule has 0 unspecified atom stereocenters. The smallest absolute Gasteiger partial charge is 0.305 e. The Hall–Kier alpha value is -3.34. The van der Waals surface area contributed by atoms with Gasteiger partial charge in [0.25, 0.3) is 0 Å². The molecule has 10 nitrogen and oxygen atoms in total. The number of nitrogens with one attached hydrogen (secondary N) is 2. The van der Waals surface area contributed by atoms with Gasteiger partial charge in [-0.3, -0.25) is 14.9 Å². The van der Waals surface area contributed by atoms with Gasteiger partial charge in [0.05, 0.1) is 28.7 Å². The van der Waals surface area contributed by atoms with Crippen molar-refractivity contribution in [3.05, 3.63) is 40.0 Å². The maximum Gasteiger partial charge on any atom is 0.305 e. The van der Waals surface area contributed by atoms with Gasteiger partial charge in [-0.25, -0.2) is 19.9 Å². The van der Waals surface area contributed by atoms with Crippen LogP contribution in [0.2, 0.25) is 0 Å². The second-order valence-corrected chi connectivity index (χ2v) is 7.60. The van der Waals surface area contributed by atoms with E-state index < -0.39 is 0 Å². The molecule has 1 aliphatic rings. The number of carbonyl (C=O) groups excluding carboxylic acids is 1. The van der Waals surface area contributed by atoms with Crippen LogP contribution in [0.4, 0.5) is 17.6 Å². The largest absolute Gasteiger partial charge is 0.365 e. The van der Waals surface area contributed by atoms with Crippen molar-refractivity contribution < 1.29 is 4.79 Å². The average Bonchev–Trinajstić information content (AvgIpc) is 3.07. The lowest BCUT2D eigenvalue weighted by Crippen LogP contribution is -2.48. The first kappa shape index (κ1) is 19.0. The zero-order chi connectivity index (χ0) is 20.4. The molecule has 0 saturated carbocycles. The third kappa shape index (κ3) is 4.24. The fourth-order valence-electron chi connectivity index (χ4n) is 3.12. The van der Waals surface area contributed by atoms with Crippen LogP contribution in [0.3, 0.4) is 0 Å². The summed E-state index contributed by atoms with van der Waals surface area (Å²) in [7, 11) is 0. The fraction of sp³-hybridized carbons (Fsp3) is 0.333. The molecule has 0 aliphatic carbocycles. The monoisotopic (exact) mass is 412 g/mol. The highest BCUT2D eigenvalue weighted by atomic mass is 32.1. The van der Waals surface area contributed by atoms with E-state index in [-0.39, 0.29) is 10.8 Å². The summed E-state index contributed by atoms with van der Waals surface area (Å²) in [6.45, 7) is 6.31. The van der Waals surface area contributed by atoms with Gasteiger partial charge < -0.3 is 14.8 Å². The van der Waals surface area contributed by atoms with Crippen LogP contribution in [0.15, 0.2) is 29.5 Å². The van der Waals surface area contributed by atoms with E-state index in [0.29, 0.717) is 30.7 Å². The van der Waals surface area contributed by atoms with Crippen LogP contribution in [-0.2, 0) is 4.79 Å². The first-order valence-electron chi connectivity index (χ1n) is 9.12. The summed E-state index contributed by atoms with van der Waals surface area (Å²) in [5.41, 5.74) is 2.33. The number of thiazole rings is 1. The molecule has 1 amide bonds.